The van der Waals surface area contributed by atoms with E-state index in [1.807, 2.05) is 0 Å². The van der Waals surface area contributed by atoms with Crippen LogP contribution in [-0.2, 0) is 0 Å². The molecular formula is C26H46N2Si4. The first-order valence-corrected chi connectivity index (χ1v) is 25.7. The Morgan fingerprint density at radius 3 is 0.812 bits per heavy atom. The van der Waals surface area contributed by atoms with Gasteiger partial charge in [0.1, 0.15) is 32.9 Å². The maximum absolute atomic E-state index is 2.77. The predicted octanol–water partition coefficient (Wildman–Crippen LogP) is 8.81. The Morgan fingerprint density at radius 1 is 0.406 bits per heavy atom. The van der Waals surface area contributed by atoms with E-state index in [1.165, 1.54) is 22.5 Å². The lowest BCUT2D eigenvalue weighted by molar-refractivity contribution is 1.35. The predicted molar refractivity (Wildman–Crippen MR) is 160 cm³/mol. The molecule has 32 heavy (non-hydrogen) atoms. The summed E-state index contributed by atoms with van der Waals surface area (Å²) in [4.78, 5) is 0. The van der Waals surface area contributed by atoms with Crippen LogP contribution in [0.5, 0.6) is 0 Å². The molecule has 0 spiro atoms. The van der Waals surface area contributed by atoms with E-state index in [0.29, 0.717) is 0 Å². The van der Waals surface area contributed by atoms with Crippen LogP contribution in [0.25, 0.3) is 12.2 Å². The molecule has 2 aromatic carbocycles. The Labute approximate surface area is 202 Å². The van der Waals surface area contributed by atoms with Gasteiger partial charge >= 0.3 is 0 Å². The zero-order valence-electron chi connectivity index (χ0n) is 22.7. The molecule has 0 saturated heterocycles. The molecule has 0 heterocycles. The van der Waals surface area contributed by atoms with E-state index in [1.54, 1.807) is 0 Å². The molecule has 0 aliphatic rings. The third kappa shape index (κ3) is 7.07. The van der Waals surface area contributed by atoms with Gasteiger partial charge in [0.2, 0.25) is 0 Å². The maximum Gasteiger partial charge on any atom is 0.138 e. The Hall–Kier alpha value is -1.35. The quantitative estimate of drug-likeness (QED) is 0.265. The summed E-state index contributed by atoms with van der Waals surface area (Å²) >= 11 is 0. The van der Waals surface area contributed by atoms with Crippen LogP contribution < -0.4 is 8.46 Å². The van der Waals surface area contributed by atoms with E-state index >= 15 is 0 Å². The minimum absolute atomic E-state index is 1.26. The molecule has 0 bridgehead atoms. The lowest BCUT2D eigenvalue weighted by atomic mass is 10.1. The van der Waals surface area contributed by atoms with Crippen molar-refractivity contribution in [3.05, 3.63) is 59.7 Å². The lowest BCUT2D eigenvalue weighted by Crippen LogP contribution is -2.59. The molecule has 0 fully saturated rings. The standard InChI is InChI=1S/C26H46N2Si4/c1-29(2,3)27(30(4,5)6)25-19-15-23(16-20-25)13-14-24-17-21-26(22-18-24)28(31(7,8)9)32(10,11)12/h13-22H,1-12H3. The summed E-state index contributed by atoms with van der Waals surface area (Å²) in [5.41, 5.74) is 5.30. The molecule has 2 nitrogen and oxygen atoms in total. The van der Waals surface area contributed by atoms with Crippen LogP contribution in [0, 0.1) is 0 Å². The fraction of sp³-hybridized carbons (Fsp3) is 0.462. The van der Waals surface area contributed by atoms with Crippen LogP contribution in [0.3, 0.4) is 0 Å². The number of benzene rings is 2. The molecule has 0 amide bonds. The van der Waals surface area contributed by atoms with Gasteiger partial charge in [-0.1, -0.05) is 115 Å². The van der Waals surface area contributed by atoms with E-state index in [-0.39, 0.29) is 0 Å². The Balaban J connectivity index is 2.22. The Bertz CT molecular complexity index is 802. The van der Waals surface area contributed by atoms with Crippen LogP contribution in [0.15, 0.2) is 48.5 Å². The van der Waals surface area contributed by atoms with Gasteiger partial charge in [0, 0.05) is 11.4 Å². The van der Waals surface area contributed by atoms with E-state index < -0.39 is 32.9 Å². The molecule has 0 aliphatic carbocycles. The third-order valence-electron chi connectivity index (χ3n) is 5.45. The van der Waals surface area contributed by atoms with E-state index in [9.17, 15) is 0 Å². The summed E-state index contributed by atoms with van der Waals surface area (Å²) in [6, 6.07) is 18.4. The van der Waals surface area contributed by atoms with Gasteiger partial charge in [-0.25, -0.2) is 0 Å². The summed E-state index contributed by atoms with van der Waals surface area (Å²) in [5.74, 6) is 0. The highest BCUT2D eigenvalue weighted by molar-refractivity contribution is 6.99. The van der Waals surface area contributed by atoms with Crippen LogP contribution in [-0.4, -0.2) is 32.9 Å². The van der Waals surface area contributed by atoms with Gasteiger partial charge in [0.25, 0.3) is 0 Å². The molecule has 2 rings (SSSR count). The monoisotopic (exact) mass is 498 g/mol. The highest BCUT2D eigenvalue weighted by atomic mass is 28.4. The van der Waals surface area contributed by atoms with Crippen molar-refractivity contribution in [3.8, 4) is 0 Å². The topological polar surface area (TPSA) is 6.48 Å². The molecule has 0 saturated carbocycles. The van der Waals surface area contributed by atoms with Gasteiger partial charge in [0.05, 0.1) is 0 Å². The molecule has 0 N–H and O–H groups in total. The maximum atomic E-state index is 2.77. The fourth-order valence-electron chi connectivity index (χ4n) is 5.22. The minimum Gasteiger partial charge on any atom is -0.425 e. The number of anilines is 2. The second kappa shape index (κ2) is 9.49. The fourth-order valence-corrected chi connectivity index (χ4v) is 25.0. The van der Waals surface area contributed by atoms with E-state index in [0.717, 1.165) is 0 Å². The summed E-state index contributed by atoms with van der Waals surface area (Å²) < 4.78 is 5.55. The third-order valence-corrected chi connectivity index (χ3v) is 19.9. The number of nitrogens with zero attached hydrogens (tertiary/aromatic N) is 2. The first kappa shape index (κ1) is 26.9. The molecule has 0 unspecified atom stereocenters. The van der Waals surface area contributed by atoms with Crippen molar-refractivity contribution in [1.29, 1.82) is 0 Å². The molecule has 2 aromatic rings. The smallest absolute Gasteiger partial charge is 0.138 e. The average molecular weight is 499 g/mol. The number of hydrogen-bond donors (Lipinski definition) is 0. The van der Waals surface area contributed by atoms with Crippen molar-refractivity contribution in [1.82, 2.24) is 0 Å². The van der Waals surface area contributed by atoms with Crippen LogP contribution in [0.2, 0.25) is 78.6 Å². The summed E-state index contributed by atoms with van der Waals surface area (Å²) in [6.07, 6.45) is 4.47. The Kier molecular flexibility index (Phi) is 7.97. The average Bonchev–Trinajstić information content (AvgIpc) is 2.57. The molecule has 0 atom stereocenters. The van der Waals surface area contributed by atoms with Crippen LogP contribution in [0.1, 0.15) is 11.1 Å². The zero-order valence-corrected chi connectivity index (χ0v) is 26.7. The van der Waals surface area contributed by atoms with Gasteiger partial charge in [-0.2, -0.15) is 0 Å². The summed E-state index contributed by atoms with van der Waals surface area (Å²) in [6.45, 7) is 29.4. The van der Waals surface area contributed by atoms with Crippen molar-refractivity contribution in [2.75, 3.05) is 8.46 Å². The zero-order chi connectivity index (χ0) is 24.5. The highest BCUT2D eigenvalue weighted by Gasteiger charge is 2.35. The van der Waals surface area contributed by atoms with E-state index in [4.69, 9.17) is 0 Å². The SMILES string of the molecule is C[Si](C)(C)N(c1ccc(C=Cc2ccc(N([Si](C)(C)C)[Si](C)(C)C)cc2)cc1)[Si](C)(C)C. The normalized spacial score (nSPS) is 13.5. The molecule has 0 aliphatic heterocycles. The van der Waals surface area contributed by atoms with Crippen molar-refractivity contribution >= 4 is 56.5 Å². The summed E-state index contributed by atoms with van der Waals surface area (Å²) in [5, 5.41) is 0. The largest absolute Gasteiger partial charge is 0.425 e. The first-order chi connectivity index (χ1) is 14.4. The molecule has 176 valence electrons. The van der Waals surface area contributed by atoms with E-state index in [2.05, 4.69) is 148 Å². The molecule has 0 aromatic heterocycles. The highest BCUT2D eigenvalue weighted by Crippen LogP contribution is 2.30. The van der Waals surface area contributed by atoms with Gasteiger partial charge in [-0.15, -0.1) is 0 Å². The molecule has 6 heteroatoms. The number of hydrogen-bond acceptors (Lipinski definition) is 2. The van der Waals surface area contributed by atoms with Gasteiger partial charge < -0.3 is 8.46 Å². The number of rotatable bonds is 8. The first-order valence-electron chi connectivity index (χ1n) is 11.9. The minimum atomic E-state index is -1.41. The van der Waals surface area contributed by atoms with Crippen LogP contribution >= 0.6 is 0 Å². The summed E-state index contributed by atoms with van der Waals surface area (Å²) in [7, 11) is -5.66. The molecule has 0 radical (unpaired) electrons. The van der Waals surface area contributed by atoms with Gasteiger partial charge in [0.15, 0.2) is 0 Å². The second-order valence-electron chi connectivity index (χ2n) is 12.9. The van der Waals surface area contributed by atoms with Gasteiger partial charge in [-0.3, -0.25) is 0 Å². The molecular weight excluding hydrogens is 453 g/mol. The second-order valence-corrected chi connectivity index (χ2v) is 32.9. The van der Waals surface area contributed by atoms with Crippen molar-refractivity contribution in [2.45, 2.75) is 78.6 Å². The van der Waals surface area contributed by atoms with Crippen molar-refractivity contribution in [2.24, 2.45) is 0 Å². The van der Waals surface area contributed by atoms with Crippen LogP contribution in [0.4, 0.5) is 11.4 Å². The Morgan fingerprint density at radius 2 is 0.625 bits per heavy atom. The van der Waals surface area contributed by atoms with Crippen molar-refractivity contribution in [3.63, 3.8) is 0 Å². The van der Waals surface area contributed by atoms with Crippen molar-refractivity contribution < 1.29 is 0 Å². The van der Waals surface area contributed by atoms with Gasteiger partial charge in [-0.05, 0) is 35.4 Å². The lowest BCUT2D eigenvalue weighted by Gasteiger charge is -2.46.